The van der Waals surface area contributed by atoms with Gasteiger partial charge in [-0.2, -0.15) is 5.10 Å². The minimum absolute atomic E-state index is 0.116. The van der Waals surface area contributed by atoms with Gasteiger partial charge < -0.3 is 14.7 Å². The molecule has 0 N–H and O–H groups in total. The average Bonchev–Trinajstić information content (AvgIpc) is 3.39. The summed E-state index contributed by atoms with van der Waals surface area (Å²) in [5, 5.41) is 6.50. The van der Waals surface area contributed by atoms with Crippen molar-refractivity contribution in [3.8, 4) is 0 Å². The highest BCUT2D eigenvalue weighted by Gasteiger charge is 2.32. The summed E-state index contributed by atoms with van der Waals surface area (Å²) < 4.78 is 0. The molecule has 37 heavy (non-hydrogen) atoms. The van der Waals surface area contributed by atoms with E-state index in [9.17, 15) is 4.79 Å². The van der Waals surface area contributed by atoms with Gasteiger partial charge in [0.1, 0.15) is 0 Å². The number of carbonyl (C=O) groups is 1. The lowest BCUT2D eigenvalue weighted by atomic mass is 9.98. The molecule has 0 saturated carbocycles. The van der Waals surface area contributed by atoms with Crippen molar-refractivity contribution in [2.24, 2.45) is 5.10 Å². The first-order valence-corrected chi connectivity index (χ1v) is 12.9. The van der Waals surface area contributed by atoms with Gasteiger partial charge in [-0.3, -0.25) is 4.79 Å². The third-order valence-corrected chi connectivity index (χ3v) is 7.22. The van der Waals surface area contributed by atoms with E-state index in [2.05, 4.69) is 70.3 Å². The minimum atomic E-state index is -0.142. The van der Waals surface area contributed by atoms with Gasteiger partial charge >= 0.3 is 0 Å². The summed E-state index contributed by atoms with van der Waals surface area (Å²) in [6.07, 6.45) is 4.16. The van der Waals surface area contributed by atoms with Crippen LogP contribution in [0.1, 0.15) is 29.2 Å². The highest BCUT2D eigenvalue weighted by atomic mass is 16.2. The Morgan fingerprint density at radius 2 is 1.57 bits per heavy atom. The van der Waals surface area contributed by atoms with Crippen molar-refractivity contribution >= 4 is 29.1 Å². The summed E-state index contributed by atoms with van der Waals surface area (Å²) in [4.78, 5) is 20.2. The van der Waals surface area contributed by atoms with Gasteiger partial charge in [0, 0.05) is 64.1 Å². The second-order valence-electron chi connectivity index (χ2n) is 10.0. The lowest BCUT2D eigenvalue weighted by molar-refractivity contribution is -0.127. The molecule has 2 aliphatic heterocycles. The maximum atomic E-state index is 13.4. The van der Waals surface area contributed by atoms with Crippen LogP contribution in [0.5, 0.6) is 0 Å². The molecule has 3 aromatic carbocycles. The van der Waals surface area contributed by atoms with Crippen molar-refractivity contribution < 1.29 is 4.79 Å². The van der Waals surface area contributed by atoms with Crippen LogP contribution in [-0.4, -0.2) is 68.8 Å². The predicted molar refractivity (Wildman–Crippen MR) is 153 cm³/mol. The Hall–Kier alpha value is -3.90. The van der Waals surface area contributed by atoms with Crippen LogP contribution in [0.4, 0.5) is 11.4 Å². The number of likely N-dealkylation sites (N-methyl/N-ethyl adjacent to an activating group) is 1. The average molecular weight is 494 g/mol. The van der Waals surface area contributed by atoms with Gasteiger partial charge in [0.15, 0.2) is 0 Å². The Bertz CT molecular complexity index is 1260. The van der Waals surface area contributed by atoms with Gasteiger partial charge in [-0.1, -0.05) is 54.6 Å². The number of hydrogen-bond acceptors (Lipinski definition) is 5. The van der Waals surface area contributed by atoms with Gasteiger partial charge in [0.25, 0.3) is 5.91 Å². The molecule has 0 spiro atoms. The zero-order valence-corrected chi connectivity index (χ0v) is 21.9. The quantitative estimate of drug-likeness (QED) is 0.459. The van der Waals surface area contributed by atoms with Crippen LogP contribution in [0.2, 0.25) is 0 Å². The van der Waals surface area contributed by atoms with E-state index in [4.69, 9.17) is 5.10 Å². The number of anilines is 2. The molecule has 1 atom stereocenters. The SMILES string of the molecule is CN1CCN(c2ccc(C3=NN(C(=O)/C=C/c4ccccc4)C(c4ccc(N(C)C)cc4)C3)cc2)CC1. The fourth-order valence-corrected chi connectivity index (χ4v) is 4.88. The molecule has 2 heterocycles. The Labute approximate surface area is 220 Å². The number of rotatable bonds is 6. The lowest BCUT2D eigenvalue weighted by Gasteiger charge is -2.34. The predicted octanol–water partition coefficient (Wildman–Crippen LogP) is 4.90. The Kier molecular flexibility index (Phi) is 7.37. The van der Waals surface area contributed by atoms with E-state index in [1.165, 1.54) is 5.69 Å². The zero-order valence-electron chi connectivity index (χ0n) is 21.9. The number of nitrogens with zero attached hydrogens (tertiary/aromatic N) is 5. The number of hydrazone groups is 1. The van der Waals surface area contributed by atoms with Crippen LogP contribution in [0.25, 0.3) is 6.08 Å². The standard InChI is InChI=1S/C31H35N5O/c1-33(2)27-14-12-26(13-15-27)30-23-29(32-36(30)31(37)18-9-24-7-5-4-6-8-24)25-10-16-28(17-11-25)35-21-19-34(3)20-22-35/h4-18,30H,19-23H2,1-3H3/b18-9+. The first-order valence-electron chi connectivity index (χ1n) is 12.9. The first kappa shape index (κ1) is 24.8. The van der Waals surface area contributed by atoms with E-state index in [1.807, 2.05) is 50.5 Å². The second-order valence-corrected chi connectivity index (χ2v) is 10.0. The largest absolute Gasteiger partial charge is 0.378 e. The van der Waals surface area contributed by atoms with Crippen molar-refractivity contribution in [1.29, 1.82) is 0 Å². The number of benzene rings is 3. The van der Waals surface area contributed by atoms with E-state index in [0.717, 1.165) is 54.3 Å². The molecule has 0 radical (unpaired) electrons. The topological polar surface area (TPSA) is 42.4 Å². The number of carbonyl (C=O) groups excluding carboxylic acids is 1. The molecule has 0 bridgehead atoms. The number of amides is 1. The van der Waals surface area contributed by atoms with Crippen molar-refractivity contribution in [3.05, 3.63) is 102 Å². The molecular formula is C31H35N5O. The molecule has 6 nitrogen and oxygen atoms in total. The van der Waals surface area contributed by atoms with Crippen LogP contribution in [0.3, 0.4) is 0 Å². The fourth-order valence-electron chi connectivity index (χ4n) is 4.88. The van der Waals surface area contributed by atoms with Crippen LogP contribution in [-0.2, 0) is 4.79 Å². The molecule has 2 aliphatic rings. The van der Waals surface area contributed by atoms with E-state index >= 15 is 0 Å². The van der Waals surface area contributed by atoms with E-state index in [0.29, 0.717) is 6.42 Å². The van der Waals surface area contributed by atoms with Crippen molar-refractivity contribution in [2.75, 3.05) is 57.1 Å². The Balaban J connectivity index is 1.39. The summed E-state index contributed by atoms with van der Waals surface area (Å²) in [7, 11) is 6.23. The third-order valence-electron chi connectivity index (χ3n) is 7.22. The molecule has 0 aliphatic carbocycles. The maximum Gasteiger partial charge on any atom is 0.267 e. The number of piperazine rings is 1. The monoisotopic (exact) mass is 493 g/mol. The highest BCUT2D eigenvalue weighted by Crippen LogP contribution is 2.34. The minimum Gasteiger partial charge on any atom is -0.378 e. The molecular weight excluding hydrogens is 458 g/mol. The highest BCUT2D eigenvalue weighted by molar-refractivity contribution is 6.04. The normalized spacial score (nSPS) is 18.4. The van der Waals surface area contributed by atoms with Crippen molar-refractivity contribution in [1.82, 2.24) is 9.91 Å². The van der Waals surface area contributed by atoms with Gasteiger partial charge in [0.05, 0.1) is 11.8 Å². The van der Waals surface area contributed by atoms with Gasteiger partial charge in [0.2, 0.25) is 0 Å². The van der Waals surface area contributed by atoms with Crippen LogP contribution >= 0.6 is 0 Å². The summed E-state index contributed by atoms with van der Waals surface area (Å²) >= 11 is 0. The summed E-state index contributed by atoms with van der Waals surface area (Å²) in [6.45, 7) is 4.24. The lowest BCUT2D eigenvalue weighted by Crippen LogP contribution is -2.44. The smallest absolute Gasteiger partial charge is 0.267 e. The Morgan fingerprint density at radius 3 is 2.22 bits per heavy atom. The van der Waals surface area contributed by atoms with Gasteiger partial charge in [-0.05, 0) is 54.1 Å². The summed E-state index contributed by atoms with van der Waals surface area (Å²) in [5.41, 5.74) is 6.45. The molecule has 3 aromatic rings. The van der Waals surface area contributed by atoms with Gasteiger partial charge in [-0.15, -0.1) is 0 Å². The van der Waals surface area contributed by atoms with Crippen LogP contribution in [0.15, 0.2) is 90.0 Å². The Morgan fingerprint density at radius 1 is 0.892 bits per heavy atom. The molecule has 0 aromatic heterocycles. The second kappa shape index (κ2) is 11.0. The third kappa shape index (κ3) is 5.75. The van der Waals surface area contributed by atoms with Gasteiger partial charge in [-0.25, -0.2) is 5.01 Å². The maximum absolute atomic E-state index is 13.4. The summed E-state index contributed by atoms with van der Waals surface area (Å²) in [5.74, 6) is -0.116. The zero-order chi connectivity index (χ0) is 25.8. The fraction of sp³-hybridized carbons (Fsp3) is 0.290. The first-order chi connectivity index (χ1) is 18.0. The molecule has 5 rings (SSSR count). The van der Waals surface area contributed by atoms with E-state index in [-0.39, 0.29) is 11.9 Å². The van der Waals surface area contributed by atoms with E-state index < -0.39 is 0 Å². The van der Waals surface area contributed by atoms with Crippen LogP contribution in [0, 0.1) is 0 Å². The summed E-state index contributed by atoms with van der Waals surface area (Å²) in [6, 6.07) is 26.8. The molecule has 1 amide bonds. The molecule has 6 heteroatoms. The van der Waals surface area contributed by atoms with E-state index in [1.54, 1.807) is 11.1 Å². The molecule has 190 valence electrons. The molecule has 1 saturated heterocycles. The molecule has 1 unspecified atom stereocenters. The van der Waals surface area contributed by atoms with Crippen LogP contribution < -0.4 is 9.80 Å². The molecule has 1 fully saturated rings. The van der Waals surface area contributed by atoms with Crippen molar-refractivity contribution in [3.63, 3.8) is 0 Å². The van der Waals surface area contributed by atoms with Crippen molar-refractivity contribution in [2.45, 2.75) is 12.5 Å². The number of hydrogen-bond donors (Lipinski definition) is 0.